The minimum Gasteiger partial charge on any atom is -0.466 e. The number of hydrogen-bond donors (Lipinski definition) is 0. The Morgan fingerprint density at radius 1 is 1.64 bits per heavy atom. The molecule has 0 atom stereocenters. The average Bonchev–Trinajstić information content (AvgIpc) is 2.03. The molecule has 2 nitrogen and oxygen atoms in total. The summed E-state index contributed by atoms with van der Waals surface area (Å²) in [6, 6.07) is 0. The van der Waals surface area contributed by atoms with Crippen molar-refractivity contribution in [3.05, 3.63) is 22.8 Å². The zero-order valence-electron chi connectivity index (χ0n) is 6.74. The third kappa shape index (κ3) is 3.49. The molecule has 1 aliphatic rings. The van der Waals surface area contributed by atoms with Crippen molar-refractivity contribution in [1.29, 1.82) is 0 Å². The molecule has 3 heteroatoms. The molecule has 0 aromatic heterocycles. The fourth-order valence-electron chi connectivity index (χ4n) is 0.607. The summed E-state index contributed by atoms with van der Waals surface area (Å²) < 4.78 is 10.5. The molecular formula is C8H12O2S. The molecule has 62 valence electrons. The van der Waals surface area contributed by atoms with Gasteiger partial charge in [-0.3, -0.25) is 0 Å². The van der Waals surface area contributed by atoms with Crippen molar-refractivity contribution in [1.82, 2.24) is 0 Å². The van der Waals surface area contributed by atoms with Crippen LogP contribution in [-0.2, 0) is 9.47 Å². The van der Waals surface area contributed by atoms with Crippen LogP contribution in [0.5, 0.6) is 0 Å². The first-order valence-electron chi connectivity index (χ1n) is 3.57. The highest BCUT2D eigenvalue weighted by atomic mass is 32.2. The number of rotatable bonds is 3. The summed E-state index contributed by atoms with van der Waals surface area (Å²) in [5.74, 6) is 0.881. The lowest BCUT2D eigenvalue weighted by Crippen LogP contribution is -2.07. The second-order valence-corrected chi connectivity index (χ2v) is 3.25. The molecule has 0 saturated carbocycles. The molecule has 0 unspecified atom stereocenters. The highest BCUT2D eigenvalue weighted by Crippen LogP contribution is 2.16. The number of thioether (sulfide) groups is 1. The van der Waals surface area contributed by atoms with Crippen LogP contribution in [0.3, 0.4) is 0 Å². The predicted octanol–water partition coefficient (Wildman–Crippen LogP) is 2.49. The molecule has 0 aliphatic carbocycles. The van der Waals surface area contributed by atoms with E-state index in [4.69, 9.17) is 9.47 Å². The summed E-state index contributed by atoms with van der Waals surface area (Å²) in [6.45, 7) is 4.58. The third-order valence-electron chi connectivity index (χ3n) is 1.11. The zero-order chi connectivity index (χ0) is 8.10. The maximum atomic E-state index is 5.34. The fraction of sp³-hybridized carbons (Fsp3) is 0.500. The fourth-order valence-corrected chi connectivity index (χ4v) is 1.08. The van der Waals surface area contributed by atoms with E-state index in [0.29, 0.717) is 6.61 Å². The van der Waals surface area contributed by atoms with Gasteiger partial charge in [0.25, 0.3) is 0 Å². The van der Waals surface area contributed by atoms with E-state index in [1.807, 2.05) is 24.7 Å². The van der Waals surface area contributed by atoms with Crippen LogP contribution in [0.15, 0.2) is 22.8 Å². The molecule has 0 spiro atoms. The molecule has 1 rings (SSSR count). The van der Waals surface area contributed by atoms with Crippen LogP contribution in [0.25, 0.3) is 0 Å². The van der Waals surface area contributed by atoms with Gasteiger partial charge in [0.1, 0.15) is 12.4 Å². The van der Waals surface area contributed by atoms with E-state index >= 15 is 0 Å². The van der Waals surface area contributed by atoms with Crippen molar-refractivity contribution in [2.45, 2.75) is 20.0 Å². The molecule has 0 fully saturated rings. The predicted molar refractivity (Wildman–Crippen MR) is 47.0 cm³/mol. The Hall–Kier alpha value is -0.410. The summed E-state index contributed by atoms with van der Waals surface area (Å²) in [5.41, 5.74) is 0. The summed E-state index contributed by atoms with van der Waals surface area (Å²) >= 11 is 1.61. The van der Waals surface area contributed by atoms with Gasteiger partial charge in [0.2, 0.25) is 0 Å². The van der Waals surface area contributed by atoms with Crippen molar-refractivity contribution in [3.8, 4) is 0 Å². The van der Waals surface area contributed by atoms with E-state index in [1.165, 1.54) is 0 Å². The lowest BCUT2D eigenvalue weighted by atomic mass is 10.5. The summed E-state index contributed by atoms with van der Waals surface area (Å²) in [4.78, 5) is 0. The largest absolute Gasteiger partial charge is 0.466 e. The van der Waals surface area contributed by atoms with E-state index in [1.54, 1.807) is 18.0 Å². The molecule has 1 aliphatic heterocycles. The second kappa shape index (κ2) is 4.46. The summed E-state index contributed by atoms with van der Waals surface area (Å²) in [7, 11) is 0. The van der Waals surface area contributed by atoms with Crippen molar-refractivity contribution in [3.63, 3.8) is 0 Å². The number of ether oxygens (including phenoxy) is 2. The van der Waals surface area contributed by atoms with E-state index < -0.39 is 0 Å². The normalized spacial score (nSPS) is 16.5. The Bertz CT molecular complexity index is 173. The van der Waals surface area contributed by atoms with Crippen molar-refractivity contribution >= 4 is 11.8 Å². The van der Waals surface area contributed by atoms with Crippen molar-refractivity contribution in [2.24, 2.45) is 0 Å². The third-order valence-corrected chi connectivity index (χ3v) is 1.78. The minimum atomic E-state index is 0.260. The molecule has 0 amide bonds. The molecule has 0 radical (unpaired) electrons. The minimum absolute atomic E-state index is 0.260. The van der Waals surface area contributed by atoms with Gasteiger partial charge < -0.3 is 9.47 Å². The van der Waals surface area contributed by atoms with Gasteiger partial charge in [-0.05, 0) is 13.8 Å². The summed E-state index contributed by atoms with van der Waals surface area (Å²) in [5, 5.41) is 3.83. The van der Waals surface area contributed by atoms with Gasteiger partial charge in [-0.1, -0.05) is 11.8 Å². The quantitative estimate of drug-likeness (QED) is 0.651. The lowest BCUT2D eigenvalue weighted by molar-refractivity contribution is 0.0743. The Morgan fingerprint density at radius 3 is 3.00 bits per heavy atom. The van der Waals surface area contributed by atoms with Crippen molar-refractivity contribution < 1.29 is 9.47 Å². The van der Waals surface area contributed by atoms with Crippen LogP contribution in [0.1, 0.15) is 13.8 Å². The van der Waals surface area contributed by atoms with Gasteiger partial charge in [0.05, 0.1) is 12.4 Å². The highest BCUT2D eigenvalue weighted by molar-refractivity contribution is 8.04. The molecule has 0 bridgehead atoms. The van der Waals surface area contributed by atoms with Gasteiger partial charge in [-0.2, -0.15) is 0 Å². The van der Waals surface area contributed by atoms with Crippen LogP contribution >= 0.6 is 11.8 Å². The van der Waals surface area contributed by atoms with Gasteiger partial charge in [0.15, 0.2) is 0 Å². The maximum Gasteiger partial charge on any atom is 0.135 e. The second-order valence-electron chi connectivity index (χ2n) is 2.47. The van der Waals surface area contributed by atoms with Crippen LogP contribution in [0.2, 0.25) is 0 Å². The molecule has 0 N–H and O–H groups in total. The van der Waals surface area contributed by atoms with Crippen LogP contribution in [-0.4, -0.2) is 12.7 Å². The maximum absolute atomic E-state index is 5.34. The Balaban J connectivity index is 2.21. The van der Waals surface area contributed by atoms with E-state index in [-0.39, 0.29) is 6.10 Å². The Kier molecular flexibility index (Phi) is 3.52. The van der Waals surface area contributed by atoms with Gasteiger partial charge >= 0.3 is 0 Å². The molecule has 11 heavy (non-hydrogen) atoms. The lowest BCUT2D eigenvalue weighted by Gasteiger charge is -2.11. The zero-order valence-corrected chi connectivity index (χ0v) is 7.56. The SMILES string of the molecule is CC(C)OCC1=CSC=CO1. The first-order valence-corrected chi connectivity index (χ1v) is 4.51. The molecule has 0 aromatic rings. The highest BCUT2D eigenvalue weighted by Gasteiger charge is 2.01. The average molecular weight is 172 g/mol. The molecule has 0 aromatic carbocycles. The standard InChI is InChI=1S/C8H12O2S/c1-7(2)10-5-8-6-11-4-3-9-8/h3-4,6-7H,5H2,1-2H3. The monoisotopic (exact) mass is 172 g/mol. The first-order chi connectivity index (χ1) is 5.29. The topological polar surface area (TPSA) is 18.5 Å². The van der Waals surface area contributed by atoms with Crippen molar-refractivity contribution in [2.75, 3.05) is 6.61 Å². The van der Waals surface area contributed by atoms with Crippen LogP contribution in [0, 0.1) is 0 Å². The van der Waals surface area contributed by atoms with Gasteiger partial charge in [0, 0.05) is 10.8 Å². The van der Waals surface area contributed by atoms with Crippen LogP contribution < -0.4 is 0 Å². The smallest absolute Gasteiger partial charge is 0.135 e. The Labute approximate surface area is 71.3 Å². The van der Waals surface area contributed by atoms with E-state index in [9.17, 15) is 0 Å². The van der Waals surface area contributed by atoms with Gasteiger partial charge in [-0.25, -0.2) is 0 Å². The van der Waals surface area contributed by atoms with Gasteiger partial charge in [-0.15, -0.1) is 0 Å². The Morgan fingerprint density at radius 2 is 2.45 bits per heavy atom. The molecule has 0 saturated heterocycles. The first kappa shape index (κ1) is 8.68. The van der Waals surface area contributed by atoms with E-state index in [2.05, 4.69) is 0 Å². The molecular weight excluding hydrogens is 160 g/mol. The van der Waals surface area contributed by atoms with E-state index in [0.717, 1.165) is 5.76 Å². The molecule has 1 heterocycles. The van der Waals surface area contributed by atoms with Crippen LogP contribution in [0.4, 0.5) is 0 Å². The number of hydrogen-bond acceptors (Lipinski definition) is 3. The summed E-state index contributed by atoms with van der Waals surface area (Å²) in [6.07, 6.45) is 1.93.